The van der Waals surface area contributed by atoms with Crippen molar-refractivity contribution in [1.82, 2.24) is 0 Å². The monoisotopic (exact) mass is 316 g/mol. The molecule has 0 aromatic carbocycles. The summed E-state index contributed by atoms with van der Waals surface area (Å²) >= 11 is 0.538. The Kier molecular flexibility index (Phi) is 7.40. The van der Waals surface area contributed by atoms with Crippen molar-refractivity contribution in [3.63, 3.8) is 0 Å². The number of thioether (sulfide) groups is 1. The van der Waals surface area contributed by atoms with Gasteiger partial charge in [-0.15, -0.1) is 0 Å². The number of hydrogen-bond acceptors (Lipinski definition) is 5. The summed E-state index contributed by atoms with van der Waals surface area (Å²) in [6.45, 7) is 4.99. The van der Waals surface area contributed by atoms with E-state index in [-0.39, 0.29) is 12.2 Å². The predicted octanol–water partition coefficient (Wildman–Crippen LogP) is 2.80. The van der Waals surface area contributed by atoms with E-state index in [4.69, 9.17) is 4.74 Å². The third-order valence-corrected chi connectivity index (χ3v) is 3.12. The second-order valence-corrected chi connectivity index (χ2v) is 6.17. The highest BCUT2D eigenvalue weighted by atomic mass is 32.2. The molecule has 0 N–H and O–H groups in total. The first-order valence-electron chi connectivity index (χ1n) is 5.89. The first kappa shape index (κ1) is 19.1. The third kappa shape index (κ3) is 9.94. The van der Waals surface area contributed by atoms with Gasteiger partial charge in [0.15, 0.2) is 0 Å². The van der Waals surface area contributed by atoms with E-state index in [1.54, 1.807) is 20.8 Å². The normalized spacial score (nSPS) is 13.8. The predicted molar refractivity (Wildman–Crippen MR) is 69.3 cm³/mol. The first-order chi connectivity index (χ1) is 8.94. The molecule has 4 nitrogen and oxygen atoms in total. The van der Waals surface area contributed by atoms with Crippen molar-refractivity contribution >= 4 is 23.7 Å². The largest absolute Gasteiger partial charge is 0.469 e. The Hall–Kier alpha value is -0.920. The molecule has 0 saturated heterocycles. The molecule has 0 aliphatic carbocycles. The van der Waals surface area contributed by atoms with Crippen LogP contribution in [-0.2, 0) is 19.1 Å². The summed E-state index contributed by atoms with van der Waals surface area (Å²) in [4.78, 5) is 23.0. The van der Waals surface area contributed by atoms with Gasteiger partial charge in [-0.05, 0) is 20.8 Å². The van der Waals surface area contributed by atoms with Crippen LogP contribution in [0.25, 0.3) is 0 Å². The average Bonchev–Trinajstić information content (AvgIpc) is 2.22. The maximum atomic E-state index is 12.0. The van der Waals surface area contributed by atoms with Crippen molar-refractivity contribution in [2.24, 2.45) is 5.92 Å². The van der Waals surface area contributed by atoms with Gasteiger partial charge in [0.2, 0.25) is 0 Å². The van der Waals surface area contributed by atoms with Gasteiger partial charge in [-0.1, -0.05) is 0 Å². The summed E-state index contributed by atoms with van der Waals surface area (Å²) in [5.74, 6) is -3.52. The molecule has 0 radical (unpaired) electrons. The Morgan fingerprint density at radius 2 is 1.75 bits per heavy atom. The fourth-order valence-electron chi connectivity index (χ4n) is 1.28. The number of carbonyl (C=O) groups is 2. The lowest BCUT2D eigenvalue weighted by atomic mass is 10.1. The summed E-state index contributed by atoms with van der Waals surface area (Å²) in [7, 11) is 1.12. The number of halogens is 3. The first-order valence-corrected chi connectivity index (χ1v) is 7.04. The van der Waals surface area contributed by atoms with Crippen molar-refractivity contribution in [1.29, 1.82) is 0 Å². The van der Waals surface area contributed by atoms with E-state index in [0.717, 1.165) is 7.11 Å². The van der Waals surface area contributed by atoms with Crippen molar-refractivity contribution < 1.29 is 32.2 Å². The van der Waals surface area contributed by atoms with E-state index >= 15 is 0 Å². The molecule has 0 amide bonds. The van der Waals surface area contributed by atoms with E-state index in [2.05, 4.69) is 4.74 Å². The second kappa shape index (κ2) is 7.75. The molecular formula is C12H19F3O4S. The Bertz CT molecular complexity index is 337. The fourth-order valence-corrected chi connectivity index (χ4v) is 2.17. The van der Waals surface area contributed by atoms with Crippen LogP contribution >= 0.6 is 11.8 Å². The molecule has 0 saturated carbocycles. The van der Waals surface area contributed by atoms with Crippen LogP contribution in [0.5, 0.6) is 0 Å². The highest BCUT2D eigenvalue weighted by Gasteiger charge is 2.30. The molecule has 0 aliphatic heterocycles. The minimum absolute atomic E-state index is 0.147. The zero-order chi connectivity index (χ0) is 16.0. The van der Waals surface area contributed by atoms with Crippen LogP contribution in [0.4, 0.5) is 13.2 Å². The molecule has 1 atom stereocenters. The molecule has 0 unspecified atom stereocenters. The molecule has 0 bridgehead atoms. The summed E-state index contributed by atoms with van der Waals surface area (Å²) in [6.07, 6.45) is -4.61. The van der Waals surface area contributed by atoms with E-state index in [0.29, 0.717) is 11.8 Å². The van der Waals surface area contributed by atoms with Crippen molar-refractivity contribution in [3.8, 4) is 0 Å². The molecule has 118 valence electrons. The van der Waals surface area contributed by atoms with Gasteiger partial charge >= 0.3 is 18.1 Å². The molecule has 0 spiro atoms. The van der Waals surface area contributed by atoms with Crippen molar-refractivity contribution in [2.45, 2.75) is 39.0 Å². The zero-order valence-electron chi connectivity index (χ0n) is 11.9. The fraction of sp³-hybridized carbons (Fsp3) is 0.833. The summed E-state index contributed by atoms with van der Waals surface area (Å²) < 4.78 is 45.7. The number of esters is 2. The molecule has 0 aromatic heterocycles. The van der Waals surface area contributed by atoms with Gasteiger partial charge in [0, 0.05) is 5.75 Å². The molecule has 0 heterocycles. The lowest BCUT2D eigenvalue weighted by Gasteiger charge is -2.21. The highest BCUT2D eigenvalue weighted by molar-refractivity contribution is 7.99. The maximum Gasteiger partial charge on any atom is 0.397 e. The zero-order valence-corrected chi connectivity index (χ0v) is 12.7. The summed E-state index contributed by atoms with van der Waals surface area (Å²) in [5.41, 5.74) is -0.711. The number of rotatable bonds is 6. The number of carbonyl (C=O) groups excluding carboxylic acids is 2. The van der Waals surface area contributed by atoms with E-state index in [1.807, 2.05) is 0 Å². The van der Waals surface area contributed by atoms with Gasteiger partial charge in [-0.3, -0.25) is 9.59 Å². The second-order valence-electron chi connectivity index (χ2n) is 5.14. The van der Waals surface area contributed by atoms with Gasteiger partial charge < -0.3 is 9.47 Å². The van der Waals surface area contributed by atoms with Crippen molar-refractivity contribution in [2.75, 3.05) is 18.6 Å². The minimum Gasteiger partial charge on any atom is -0.469 e. The molecule has 0 aromatic rings. The minimum atomic E-state index is -4.31. The smallest absolute Gasteiger partial charge is 0.397 e. The molecule has 0 aliphatic rings. The standard InChI is InChI=1S/C12H19F3O4S/c1-11(2,3)19-9(16)5-8(10(17)18-4)6-20-7-12(13,14)15/h8H,5-7H2,1-4H3/t8-/m0/s1. The Morgan fingerprint density at radius 1 is 1.20 bits per heavy atom. The Labute approximate surface area is 120 Å². The molecule has 20 heavy (non-hydrogen) atoms. The van der Waals surface area contributed by atoms with E-state index in [1.165, 1.54) is 0 Å². The molecule has 0 fully saturated rings. The van der Waals surface area contributed by atoms with Gasteiger partial charge in [-0.2, -0.15) is 24.9 Å². The Balaban J connectivity index is 4.43. The molecule has 0 rings (SSSR count). The topological polar surface area (TPSA) is 52.6 Å². The SMILES string of the molecule is COC(=O)[C@H](CSCC(F)(F)F)CC(=O)OC(C)(C)C. The lowest BCUT2D eigenvalue weighted by molar-refractivity contribution is -0.160. The van der Waals surface area contributed by atoms with Crippen LogP contribution < -0.4 is 0 Å². The van der Waals surface area contributed by atoms with Crippen LogP contribution in [0, 0.1) is 5.92 Å². The number of methoxy groups -OCH3 is 1. The van der Waals surface area contributed by atoms with E-state index < -0.39 is 35.4 Å². The Morgan fingerprint density at radius 3 is 2.15 bits per heavy atom. The van der Waals surface area contributed by atoms with Crippen LogP contribution in [-0.4, -0.2) is 42.3 Å². The number of hydrogen-bond donors (Lipinski definition) is 0. The van der Waals surface area contributed by atoms with E-state index in [9.17, 15) is 22.8 Å². The highest BCUT2D eigenvalue weighted by Crippen LogP contribution is 2.24. The number of alkyl halides is 3. The third-order valence-electron chi connectivity index (χ3n) is 1.95. The maximum absolute atomic E-state index is 12.0. The van der Waals surface area contributed by atoms with Gasteiger partial charge in [0.1, 0.15) is 5.60 Å². The lowest BCUT2D eigenvalue weighted by Crippen LogP contribution is -2.29. The molecular weight excluding hydrogens is 297 g/mol. The summed E-state index contributed by atoms with van der Waals surface area (Å²) in [6, 6.07) is 0. The van der Waals surface area contributed by atoms with Crippen LogP contribution in [0.15, 0.2) is 0 Å². The van der Waals surface area contributed by atoms with Crippen molar-refractivity contribution in [3.05, 3.63) is 0 Å². The summed E-state index contributed by atoms with van der Waals surface area (Å²) in [5, 5.41) is 0. The average molecular weight is 316 g/mol. The quantitative estimate of drug-likeness (QED) is 0.705. The van der Waals surface area contributed by atoms with Crippen LogP contribution in [0.2, 0.25) is 0 Å². The van der Waals surface area contributed by atoms with Gasteiger partial charge in [-0.25, -0.2) is 0 Å². The van der Waals surface area contributed by atoms with Crippen LogP contribution in [0.3, 0.4) is 0 Å². The van der Waals surface area contributed by atoms with Gasteiger partial charge in [0.25, 0.3) is 0 Å². The van der Waals surface area contributed by atoms with Gasteiger partial charge in [0.05, 0.1) is 25.2 Å². The number of ether oxygens (including phenoxy) is 2. The molecule has 8 heteroatoms. The van der Waals surface area contributed by atoms with Crippen LogP contribution in [0.1, 0.15) is 27.2 Å².